The smallest absolute Gasteiger partial charge is 0.128 e. The van der Waals surface area contributed by atoms with E-state index in [0.29, 0.717) is 22.6 Å². The summed E-state index contributed by atoms with van der Waals surface area (Å²) in [5.41, 5.74) is 4.35. The molecule has 2 N–H and O–H groups in total. The maximum absolute atomic E-state index is 10.6. The summed E-state index contributed by atoms with van der Waals surface area (Å²) in [5.74, 6) is 1.90. The Morgan fingerprint density at radius 2 is 0.897 bits per heavy atom. The second-order valence-electron chi connectivity index (χ2n) is 11.6. The SMILES string of the molecule is CC(C)(C)c1cccc(C=Nc2ccc(Oc3ccc(N=Cc4cccc(C(C)(C)C)c4O)cc3)cc2)c1O. The number of benzene rings is 4. The van der Waals surface area contributed by atoms with E-state index in [9.17, 15) is 10.2 Å². The summed E-state index contributed by atoms with van der Waals surface area (Å²) in [4.78, 5) is 9.03. The molecule has 0 radical (unpaired) electrons. The summed E-state index contributed by atoms with van der Waals surface area (Å²) < 4.78 is 5.97. The molecule has 0 fully saturated rings. The lowest BCUT2D eigenvalue weighted by Gasteiger charge is -2.21. The zero-order valence-corrected chi connectivity index (χ0v) is 23.4. The fraction of sp³-hybridized carbons (Fsp3) is 0.235. The molecule has 0 aliphatic heterocycles. The molecule has 0 spiro atoms. The molecule has 5 nitrogen and oxygen atoms in total. The molecule has 0 aromatic heterocycles. The van der Waals surface area contributed by atoms with E-state index in [1.54, 1.807) is 12.4 Å². The predicted octanol–water partition coefficient (Wildman–Crippen LogP) is 8.99. The topological polar surface area (TPSA) is 74.4 Å². The van der Waals surface area contributed by atoms with Crippen LogP contribution in [0.5, 0.6) is 23.0 Å². The van der Waals surface area contributed by atoms with Crippen molar-refractivity contribution in [3.63, 3.8) is 0 Å². The molecule has 0 heterocycles. The number of para-hydroxylation sites is 2. The van der Waals surface area contributed by atoms with E-state index in [-0.39, 0.29) is 22.3 Å². The molecule has 0 aliphatic rings. The van der Waals surface area contributed by atoms with Crippen LogP contribution in [0.4, 0.5) is 11.4 Å². The van der Waals surface area contributed by atoms with Crippen molar-refractivity contribution in [2.75, 3.05) is 0 Å². The Balaban J connectivity index is 1.40. The summed E-state index contributed by atoms with van der Waals surface area (Å²) in [6, 6.07) is 26.3. The van der Waals surface area contributed by atoms with Crippen molar-refractivity contribution in [1.82, 2.24) is 0 Å². The van der Waals surface area contributed by atoms with Gasteiger partial charge in [0, 0.05) is 23.6 Å². The number of rotatable bonds is 6. The molecule has 0 atom stereocenters. The van der Waals surface area contributed by atoms with Crippen LogP contribution < -0.4 is 4.74 Å². The molecular formula is C34H36N2O3. The van der Waals surface area contributed by atoms with Gasteiger partial charge in [0.1, 0.15) is 23.0 Å². The molecule has 0 saturated carbocycles. The molecule has 5 heteroatoms. The Labute approximate surface area is 231 Å². The van der Waals surface area contributed by atoms with E-state index in [2.05, 4.69) is 51.5 Å². The van der Waals surface area contributed by atoms with Gasteiger partial charge in [-0.1, -0.05) is 65.8 Å². The lowest BCUT2D eigenvalue weighted by atomic mass is 9.85. The highest BCUT2D eigenvalue weighted by molar-refractivity contribution is 5.87. The van der Waals surface area contributed by atoms with E-state index in [1.807, 2.05) is 84.9 Å². The molecule has 0 bridgehead atoms. The number of nitrogens with zero attached hydrogens (tertiary/aromatic N) is 2. The van der Waals surface area contributed by atoms with Crippen LogP contribution in [-0.2, 0) is 10.8 Å². The van der Waals surface area contributed by atoms with Gasteiger partial charge in [0.2, 0.25) is 0 Å². The fourth-order valence-corrected chi connectivity index (χ4v) is 4.17. The van der Waals surface area contributed by atoms with Crippen LogP contribution in [0, 0.1) is 0 Å². The van der Waals surface area contributed by atoms with Crippen LogP contribution >= 0.6 is 0 Å². The van der Waals surface area contributed by atoms with Crippen LogP contribution in [0.2, 0.25) is 0 Å². The van der Waals surface area contributed by atoms with Crippen LogP contribution in [0.3, 0.4) is 0 Å². The number of phenolic OH excluding ortho intramolecular Hbond substituents is 2. The second-order valence-corrected chi connectivity index (χ2v) is 11.6. The van der Waals surface area contributed by atoms with E-state index in [0.717, 1.165) is 22.5 Å². The first-order valence-corrected chi connectivity index (χ1v) is 13.0. The molecule has 200 valence electrons. The van der Waals surface area contributed by atoms with E-state index < -0.39 is 0 Å². The highest BCUT2D eigenvalue weighted by Gasteiger charge is 2.20. The van der Waals surface area contributed by atoms with Gasteiger partial charge in [0.05, 0.1) is 11.4 Å². The van der Waals surface area contributed by atoms with Crippen LogP contribution in [-0.4, -0.2) is 22.6 Å². The van der Waals surface area contributed by atoms with Gasteiger partial charge in [-0.2, -0.15) is 0 Å². The Hall–Kier alpha value is -4.38. The molecule has 4 aromatic rings. The minimum Gasteiger partial charge on any atom is -0.507 e. The van der Waals surface area contributed by atoms with Gasteiger partial charge in [-0.3, -0.25) is 9.98 Å². The third-order valence-electron chi connectivity index (χ3n) is 6.37. The molecule has 4 aromatic carbocycles. The molecule has 0 saturated heterocycles. The Bertz CT molecular complexity index is 1370. The standard InChI is InChI=1S/C34H36N2O3/c1-33(2,3)29-11-7-9-23(31(29)37)21-35-25-13-17-27(18-14-25)39-28-19-15-26(16-20-28)36-22-24-10-8-12-30(32(24)38)34(4,5)6/h7-22,37-38H,1-6H3. The lowest BCUT2D eigenvalue weighted by Crippen LogP contribution is -2.11. The quantitative estimate of drug-likeness (QED) is 0.249. The zero-order valence-electron chi connectivity index (χ0n) is 23.4. The number of aromatic hydroxyl groups is 2. The third-order valence-corrected chi connectivity index (χ3v) is 6.37. The van der Waals surface area contributed by atoms with E-state index in [4.69, 9.17) is 4.74 Å². The Morgan fingerprint density at radius 3 is 1.23 bits per heavy atom. The van der Waals surface area contributed by atoms with Gasteiger partial charge in [-0.15, -0.1) is 0 Å². The first kappa shape index (κ1) is 27.6. The minimum atomic E-state index is -0.154. The van der Waals surface area contributed by atoms with Crippen molar-refractivity contribution in [1.29, 1.82) is 0 Å². The molecule has 39 heavy (non-hydrogen) atoms. The minimum absolute atomic E-state index is 0.154. The highest BCUT2D eigenvalue weighted by Crippen LogP contribution is 2.34. The van der Waals surface area contributed by atoms with Crippen molar-refractivity contribution in [2.24, 2.45) is 9.98 Å². The summed E-state index contributed by atoms with van der Waals surface area (Å²) in [5, 5.41) is 21.3. The zero-order chi connectivity index (χ0) is 28.2. The summed E-state index contributed by atoms with van der Waals surface area (Å²) in [6.45, 7) is 12.4. The van der Waals surface area contributed by atoms with Gasteiger partial charge >= 0.3 is 0 Å². The molecule has 0 aliphatic carbocycles. The van der Waals surface area contributed by atoms with Crippen molar-refractivity contribution >= 4 is 23.8 Å². The Morgan fingerprint density at radius 1 is 0.538 bits per heavy atom. The molecular weight excluding hydrogens is 484 g/mol. The largest absolute Gasteiger partial charge is 0.507 e. The molecule has 0 unspecified atom stereocenters. The fourth-order valence-electron chi connectivity index (χ4n) is 4.17. The predicted molar refractivity (Wildman–Crippen MR) is 161 cm³/mol. The third kappa shape index (κ3) is 6.94. The van der Waals surface area contributed by atoms with Crippen LogP contribution in [0.15, 0.2) is 94.9 Å². The number of hydrogen-bond donors (Lipinski definition) is 2. The number of ether oxygens (including phenoxy) is 1. The first-order valence-electron chi connectivity index (χ1n) is 13.0. The van der Waals surface area contributed by atoms with Crippen LogP contribution in [0.25, 0.3) is 0 Å². The average Bonchev–Trinajstić information content (AvgIpc) is 2.88. The highest BCUT2D eigenvalue weighted by atomic mass is 16.5. The van der Waals surface area contributed by atoms with Gasteiger partial charge in [-0.05, 0) is 82.6 Å². The average molecular weight is 521 g/mol. The van der Waals surface area contributed by atoms with Crippen molar-refractivity contribution in [3.8, 4) is 23.0 Å². The van der Waals surface area contributed by atoms with Crippen molar-refractivity contribution in [2.45, 2.75) is 52.4 Å². The second kappa shape index (κ2) is 11.2. The monoisotopic (exact) mass is 520 g/mol. The summed E-state index contributed by atoms with van der Waals surface area (Å²) in [6.07, 6.45) is 3.36. The first-order chi connectivity index (χ1) is 18.4. The maximum atomic E-state index is 10.6. The number of hydrogen-bond acceptors (Lipinski definition) is 5. The van der Waals surface area contributed by atoms with E-state index >= 15 is 0 Å². The number of aliphatic imine (C=N–C) groups is 2. The number of phenols is 2. The Kier molecular flexibility index (Phi) is 7.91. The van der Waals surface area contributed by atoms with Crippen LogP contribution in [0.1, 0.15) is 63.8 Å². The van der Waals surface area contributed by atoms with Gasteiger partial charge < -0.3 is 14.9 Å². The van der Waals surface area contributed by atoms with E-state index in [1.165, 1.54) is 0 Å². The van der Waals surface area contributed by atoms with Gasteiger partial charge in [0.15, 0.2) is 0 Å². The normalized spacial score (nSPS) is 12.4. The lowest BCUT2D eigenvalue weighted by molar-refractivity contribution is 0.445. The molecule has 4 rings (SSSR count). The van der Waals surface area contributed by atoms with Crippen molar-refractivity contribution < 1.29 is 14.9 Å². The van der Waals surface area contributed by atoms with Gasteiger partial charge in [-0.25, -0.2) is 0 Å². The van der Waals surface area contributed by atoms with Gasteiger partial charge in [0.25, 0.3) is 0 Å². The van der Waals surface area contributed by atoms with Crippen molar-refractivity contribution in [3.05, 3.63) is 107 Å². The maximum Gasteiger partial charge on any atom is 0.128 e. The summed E-state index contributed by atoms with van der Waals surface area (Å²) >= 11 is 0. The summed E-state index contributed by atoms with van der Waals surface area (Å²) in [7, 11) is 0. The molecule has 0 amide bonds.